The number of hydrogen-bond donors (Lipinski definition) is 3. The number of allylic oxidation sites excluding steroid dienone is 3. The molecule has 6 nitrogen and oxygen atoms in total. The van der Waals surface area contributed by atoms with Crippen molar-refractivity contribution in [2.75, 3.05) is 13.2 Å². The number of ether oxygens (including phenoxy) is 1. The maximum absolute atomic E-state index is 12.5. The van der Waals surface area contributed by atoms with E-state index in [9.17, 15) is 19.8 Å². The molecule has 2 atom stereocenters. The van der Waals surface area contributed by atoms with Crippen molar-refractivity contribution in [1.82, 2.24) is 5.32 Å². The molecule has 0 aromatic heterocycles. The van der Waals surface area contributed by atoms with E-state index in [0.29, 0.717) is 19.4 Å². The maximum Gasteiger partial charge on any atom is 0.305 e. The minimum Gasteiger partial charge on any atom is -0.466 e. The lowest BCUT2D eigenvalue weighted by molar-refractivity contribution is -0.143. The number of carbonyl (C=O) groups is 2. The maximum atomic E-state index is 12.5. The van der Waals surface area contributed by atoms with E-state index in [0.717, 1.165) is 44.9 Å². The van der Waals surface area contributed by atoms with Crippen molar-refractivity contribution in [1.29, 1.82) is 0 Å². The Labute approximate surface area is 437 Å². The normalized spacial score (nSPS) is 12.7. The first-order chi connectivity index (χ1) is 34.5. The van der Waals surface area contributed by atoms with Gasteiger partial charge in [0.1, 0.15) is 0 Å². The lowest BCUT2D eigenvalue weighted by Gasteiger charge is -2.20. The molecule has 70 heavy (non-hydrogen) atoms. The van der Waals surface area contributed by atoms with E-state index in [-0.39, 0.29) is 18.5 Å². The highest BCUT2D eigenvalue weighted by Crippen LogP contribution is 2.18. The summed E-state index contributed by atoms with van der Waals surface area (Å²) in [4.78, 5) is 24.5. The van der Waals surface area contributed by atoms with E-state index in [4.69, 9.17) is 4.74 Å². The van der Waals surface area contributed by atoms with Crippen molar-refractivity contribution in [2.24, 2.45) is 0 Å². The largest absolute Gasteiger partial charge is 0.466 e. The summed E-state index contributed by atoms with van der Waals surface area (Å²) >= 11 is 0. The number of aliphatic hydroxyl groups excluding tert-OH is 2. The third-order valence-electron chi connectivity index (χ3n) is 14.7. The molecule has 1 amide bonds. The van der Waals surface area contributed by atoms with E-state index < -0.39 is 12.1 Å². The van der Waals surface area contributed by atoms with Crippen LogP contribution >= 0.6 is 0 Å². The molecule has 0 bridgehead atoms. The Kier molecular flexibility index (Phi) is 58.5. The summed E-state index contributed by atoms with van der Waals surface area (Å²) < 4.78 is 5.48. The molecule has 2 unspecified atom stereocenters. The minimum atomic E-state index is -0.842. The smallest absolute Gasteiger partial charge is 0.305 e. The van der Waals surface area contributed by atoms with Crippen molar-refractivity contribution in [3.63, 3.8) is 0 Å². The fourth-order valence-electron chi connectivity index (χ4n) is 9.87. The number of unbranched alkanes of at least 4 members (excludes halogenated alkanes) is 46. The first kappa shape index (κ1) is 68.3. The van der Waals surface area contributed by atoms with Gasteiger partial charge in [-0.05, 0) is 57.8 Å². The Morgan fingerprint density at radius 1 is 0.386 bits per heavy atom. The van der Waals surface area contributed by atoms with Gasteiger partial charge in [0, 0.05) is 12.8 Å². The van der Waals surface area contributed by atoms with Crippen LogP contribution in [0.15, 0.2) is 24.3 Å². The molecule has 0 spiro atoms. The monoisotopic (exact) mass is 986 g/mol. The van der Waals surface area contributed by atoms with Gasteiger partial charge in [0.25, 0.3) is 0 Å². The average molecular weight is 987 g/mol. The zero-order valence-electron chi connectivity index (χ0n) is 47.3. The lowest BCUT2D eigenvalue weighted by Crippen LogP contribution is -2.45. The van der Waals surface area contributed by atoms with Crippen LogP contribution in [0.4, 0.5) is 0 Å². The highest BCUT2D eigenvalue weighted by atomic mass is 16.5. The van der Waals surface area contributed by atoms with Crippen LogP contribution in [0.3, 0.4) is 0 Å². The third-order valence-corrected chi connectivity index (χ3v) is 14.7. The second-order valence-electron chi connectivity index (χ2n) is 21.7. The van der Waals surface area contributed by atoms with Gasteiger partial charge in [-0.15, -0.1) is 0 Å². The van der Waals surface area contributed by atoms with Gasteiger partial charge in [0.05, 0.1) is 25.4 Å². The molecule has 0 fully saturated rings. The van der Waals surface area contributed by atoms with Crippen LogP contribution in [0, 0.1) is 0 Å². The number of nitrogens with one attached hydrogen (secondary N) is 1. The number of hydrogen-bond acceptors (Lipinski definition) is 5. The van der Waals surface area contributed by atoms with E-state index >= 15 is 0 Å². The summed E-state index contributed by atoms with van der Waals surface area (Å²) in [6, 6.07) is -0.625. The van der Waals surface area contributed by atoms with E-state index in [1.54, 1.807) is 6.08 Å². The Hall–Kier alpha value is -1.66. The number of esters is 1. The molecule has 0 aliphatic carbocycles. The van der Waals surface area contributed by atoms with Gasteiger partial charge < -0.3 is 20.3 Å². The predicted molar refractivity (Wildman–Crippen MR) is 306 cm³/mol. The molecule has 0 aliphatic rings. The van der Waals surface area contributed by atoms with Gasteiger partial charge in [-0.3, -0.25) is 9.59 Å². The van der Waals surface area contributed by atoms with E-state index in [1.165, 1.54) is 276 Å². The molecule has 6 heteroatoms. The number of aliphatic hydroxyl groups is 2. The molecular weight excluding hydrogens is 863 g/mol. The molecule has 3 N–H and O–H groups in total. The summed E-state index contributed by atoms with van der Waals surface area (Å²) in [5.74, 6) is -0.0565. The van der Waals surface area contributed by atoms with E-state index in [2.05, 4.69) is 31.3 Å². The summed E-state index contributed by atoms with van der Waals surface area (Å²) in [6.07, 6.45) is 73.7. The molecule has 414 valence electrons. The summed E-state index contributed by atoms with van der Waals surface area (Å²) in [5.41, 5.74) is 0. The summed E-state index contributed by atoms with van der Waals surface area (Å²) in [7, 11) is 0. The molecule has 0 aromatic rings. The fraction of sp³-hybridized carbons (Fsp3) is 0.906. The van der Waals surface area contributed by atoms with Crippen molar-refractivity contribution in [2.45, 2.75) is 360 Å². The predicted octanol–water partition coefficient (Wildman–Crippen LogP) is 19.8. The lowest BCUT2D eigenvalue weighted by atomic mass is 10.0. The number of rotatable bonds is 59. The van der Waals surface area contributed by atoms with E-state index in [1.807, 2.05) is 6.08 Å². The minimum absolute atomic E-state index is 0.00780. The second-order valence-corrected chi connectivity index (χ2v) is 21.7. The van der Waals surface area contributed by atoms with Crippen LogP contribution in [0.2, 0.25) is 0 Å². The van der Waals surface area contributed by atoms with Gasteiger partial charge in [-0.2, -0.15) is 0 Å². The van der Waals surface area contributed by atoms with Crippen LogP contribution in [-0.4, -0.2) is 47.4 Å². The Morgan fingerprint density at radius 2 is 0.671 bits per heavy atom. The van der Waals surface area contributed by atoms with Gasteiger partial charge in [-0.25, -0.2) is 0 Å². The molecule has 0 saturated carbocycles. The van der Waals surface area contributed by atoms with Crippen molar-refractivity contribution >= 4 is 11.9 Å². The van der Waals surface area contributed by atoms with Crippen LogP contribution in [0.5, 0.6) is 0 Å². The molecule has 0 aromatic carbocycles. The number of amides is 1. The SMILES string of the molecule is CCCCCC/C=C\CCCCCCCC(=O)OCCCCCCCCCCCCCCCCCCCCCCCCCCCCC(=O)NC(CO)C(O)/C=C/CCCCCCCCCCCCCC. The first-order valence-electron chi connectivity index (χ1n) is 31.6. The van der Waals surface area contributed by atoms with Gasteiger partial charge in [-0.1, -0.05) is 301 Å². The fourth-order valence-corrected chi connectivity index (χ4v) is 9.87. The number of carbonyl (C=O) groups excluding carboxylic acids is 2. The van der Waals surface area contributed by atoms with Crippen molar-refractivity contribution < 1.29 is 24.5 Å². The van der Waals surface area contributed by atoms with Crippen LogP contribution in [0.25, 0.3) is 0 Å². The topological polar surface area (TPSA) is 95.9 Å². The second kappa shape index (κ2) is 59.9. The Morgan fingerprint density at radius 3 is 1.03 bits per heavy atom. The standard InChI is InChI=1S/C64H123NO5/c1-3-5-7-9-11-13-15-17-33-36-40-44-48-52-56-62(67)61(60-66)65-63(68)57-53-49-45-41-37-34-30-28-26-24-22-20-18-19-21-23-25-27-29-31-35-39-43-47-51-55-59-70-64(69)58-54-50-46-42-38-32-16-14-12-10-8-6-4-2/h14,16,52,56,61-62,66-67H,3-13,15,17-51,53-55,57-60H2,1-2H3,(H,65,68)/b16-14-,56-52+. The quantitative estimate of drug-likeness (QED) is 0.0321. The zero-order chi connectivity index (χ0) is 50.7. The van der Waals surface area contributed by atoms with Crippen LogP contribution in [-0.2, 0) is 14.3 Å². The molecule has 0 heterocycles. The first-order valence-corrected chi connectivity index (χ1v) is 31.6. The van der Waals surface area contributed by atoms with Gasteiger partial charge in [0.15, 0.2) is 0 Å². The highest BCUT2D eigenvalue weighted by molar-refractivity contribution is 5.76. The van der Waals surface area contributed by atoms with Crippen LogP contribution < -0.4 is 5.32 Å². The summed E-state index contributed by atoms with van der Waals surface area (Å²) in [5, 5.41) is 23.1. The molecule has 0 aliphatic heterocycles. The molecule has 0 rings (SSSR count). The Balaban J connectivity index is 3.37. The van der Waals surface area contributed by atoms with Crippen molar-refractivity contribution in [3.05, 3.63) is 24.3 Å². The third kappa shape index (κ3) is 55.7. The summed E-state index contributed by atoms with van der Waals surface area (Å²) in [6.45, 7) is 4.90. The van der Waals surface area contributed by atoms with Gasteiger partial charge in [0.2, 0.25) is 5.91 Å². The average Bonchev–Trinajstić information content (AvgIpc) is 3.36. The van der Waals surface area contributed by atoms with Gasteiger partial charge >= 0.3 is 5.97 Å². The molecule has 0 radical (unpaired) electrons. The highest BCUT2D eigenvalue weighted by Gasteiger charge is 2.18. The zero-order valence-corrected chi connectivity index (χ0v) is 47.3. The molecular formula is C64H123NO5. The Bertz CT molecular complexity index is 1090. The van der Waals surface area contributed by atoms with Crippen LogP contribution in [0.1, 0.15) is 348 Å². The van der Waals surface area contributed by atoms with Crippen molar-refractivity contribution in [3.8, 4) is 0 Å². The molecule has 0 saturated heterocycles.